The average molecular weight is 266 g/mol. The highest BCUT2D eigenvalue weighted by Crippen LogP contribution is 2.22. The van der Waals surface area contributed by atoms with Crippen molar-refractivity contribution in [3.63, 3.8) is 0 Å². The number of likely N-dealkylation sites (tertiary alicyclic amines) is 1. The molecule has 0 spiro atoms. The third-order valence-electron chi connectivity index (χ3n) is 3.23. The molecule has 6 heteroatoms. The third kappa shape index (κ3) is 2.52. The number of amides is 1. The molecular weight excluding hydrogens is 251 g/mol. The Morgan fingerprint density at radius 1 is 1.47 bits per heavy atom. The maximum Gasteiger partial charge on any atom is 0.328 e. The van der Waals surface area contributed by atoms with Gasteiger partial charge in [-0.25, -0.2) is 9.18 Å². The summed E-state index contributed by atoms with van der Waals surface area (Å²) in [5.74, 6) is -1.46. The van der Waals surface area contributed by atoms with E-state index in [0.29, 0.717) is 13.0 Å². The van der Waals surface area contributed by atoms with E-state index in [9.17, 15) is 14.0 Å². The van der Waals surface area contributed by atoms with Crippen molar-refractivity contribution in [3.8, 4) is 0 Å². The molecule has 1 unspecified atom stereocenters. The Bertz CT molecular complexity index is 519. The number of carbonyl (C=O) groups is 2. The van der Waals surface area contributed by atoms with Crippen molar-refractivity contribution in [2.24, 2.45) is 0 Å². The Hall–Kier alpha value is -2.11. The zero-order valence-electron chi connectivity index (χ0n) is 10.6. The van der Waals surface area contributed by atoms with Gasteiger partial charge in [-0.1, -0.05) is 0 Å². The predicted octanol–water partition coefficient (Wildman–Crippen LogP) is 1.19. The number of nitrogen functional groups attached to an aromatic ring is 1. The van der Waals surface area contributed by atoms with E-state index >= 15 is 0 Å². The second-order valence-corrected chi connectivity index (χ2v) is 4.42. The minimum absolute atomic E-state index is 0.0116. The maximum absolute atomic E-state index is 13.4. The van der Waals surface area contributed by atoms with E-state index in [1.165, 1.54) is 24.1 Å². The number of anilines is 1. The van der Waals surface area contributed by atoms with Crippen LogP contribution in [-0.2, 0) is 9.53 Å². The first-order valence-corrected chi connectivity index (χ1v) is 5.98. The van der Waals surface area contributed by atoms with E-state index < -0.39 is 17.8 Å². The maximum atomic E-state index is 13.4. The average Bonchev–Trinajstić information content (AvgIpc) is 2.89. The zero-order valence-corrected chi connectivity index (χ0v) is 10.6. The Kier molecular flexibility index (Phi) is 3.69. The lowest BCUT2D eigenvalue weighted by Gasteiger charge is -2.22. The van der Waals surface area contributed by atoms with Crippen molar-refractivity contribution >= 4 is 17.6 Å². The van der Waals surface area contributed by atoms with Crippen molar-refractivity contribution in [3.05, 3.63) is 29.6 Å². The molecule has 2 rings (SSSR count). The van der Waals surface area contributed by atoms with E-state index in [1.54, 1.807) is 0 Å². The second kappa shape index (κ2) is 5.26. The lowest BCUT2D eigenvalue weighted by Crippen LogP contribution is -2.41. The van der Waals surface area contributed by atoms with E-state index in [4.69, 9.17) is 5.73 Å². The number of hydrogen-bond acceptors (Lipinski definition) is 4. The van der Waals surface area contributed by atoms with Gasteiger partial charge >= 0.3 is 5.97 Å². The van der Waals surface area contributed by atoms with Gasteiger partial charge in [0, 0.05) is 12.1 Å². The summed E-state index contributed by atoms with van der Waals surface area (Å²) >= 11 is 0. The number of halogens is 1. The fraction of sp³-hybridized carbons (Fsp3) is 0.385. The van der Waals surface area contributed by atoms with Crippen LogP contribution in [0.15, 0.2) is 18.2 Å². The first-order valence-electron chi connectivity index (χ1n) is 5.98. The number of nitrogens with zero attached hydrogens (tertiary/aromatic N) is 1. The van der Waals surface area contributed by atoms with Crippen LogP contribution in [0.4, 0.5) is 10.1 Å². The Labute approximate surface area is 110 Å². The monoisotopic (exact) mass is 266 g/mol. The molecular formula is C13H15FN2O3. The SMILES string of the molecule is COC(=O)C1CCCN1C(=O)c1ccc(N)c(F)c1. The van der Waals surface area contributed by atoms with Crippen LogP contribution in [-0.4, -0.2) is 36.5 Å². The number of methoxy groups -OCH3 is 1. The van der Waals surface area contributed by atoms with Gasteiger partial charge in [0.15, 0.2) is 0 Å². The fourth-order valence-electron chi connectivity index (χ4n) is 2.22. The van der Waals surface area contributed by atoms with Crippen LogP contribution in [0.3, 0.4) is 0 Å². The van der Waals surface area contributed by atoms with Gasteiger partial charge in [0.05, 0.1) is 12.8 Å². The van der Waals surface area contributed by atoms with Crippen LogP contribution in [0.1, 0.15) is 23.2 Å². The molecule has 0 aromatic heterocycles. The summed E-state index contributed by atoms with van der Waals surface area (Å²) in [5, 5.41) is 0. The molecule has 1 heterocycles. The van der Waals surface area contributed by atoms with Gasteiger partial charge < -0.3 is 15.4 Å². The van der Waals surface area contributed by atoms with Gasteiger partial charge in [-0.2, -0.15) is 0 Å². The van der Waals surface area contributed by atoms with Crippen LogP contribution in [0.2, 0.25) is 0 Å². The van der Waals surface area contributed by atoms with E-state index in [2.05, 4.69) is 4.74 Å². The Balaban J connectivity index is 2.23. The summed E-state index contributed by atoms with van der Waals surface area (Å²) in [6.07, 6.45) is 1.29. The highest BCUT2D eigenvalue weighted by Gasteiger charge is 2.35. The van der Waals surface area contributed by atoms with Crippen molar-refractivity contribution < 1.29 is 18.7 Å². The Morgan fingerprint density at radius 2 is 2.21 bits per heavy atom. The molecule has 1 aromatic rings. The molecule has 2 N–H and O–H groups in total. The molecule has 0 radical (unpaired) electrons. The lowest BCUT2D eigenvalue weighted by atomic mass is 10.1. The molecule has 1 aliphatic rings. The molecule has 1 fully saturated rings. The molecule has 0 aliphatic carbocycles. The summed E-state index contributed by atoms with van der Waals surface area (Å²) in [4.78, 5) is 25.2. The Morgan fingerprint density at radius 3 is 2.84 bits per heavy atom. The van der Waals surface area contributed by atoms with Crippen LogP contribution in [0, 0.1) is 5.82 Å². The number of hydrogen-bond donors (Lipinski definition) is 1. The quantitative estimate of drug-likeness (QED) is 0.644. The normalized spacial score (nSPS) is 18.4. The summed E-state index contributed by atoms with van der Waals surface area (Å²) in [6.45, 7) is 0.463. The molecule has 0 saturated carbocycles. The topological polar surface area (TPSA) is 72.6 Å². The summed E-state index contributed by atoms with van der Waals surface area (Å²) in [7, 11) is 1.28. The van der Waals surface area contributed by atoms with E-state index in [-0.39, 0.29) is 17.2 Å². The summed E-state index contributed by atoms with van der Waals surface area (Å²) in [6, 6.07) is 3.29. The van der Waals surface area contributed by atoms with Gasteiger partial charge in [-0.15, -0.1) is 0 Å². The predicted molar refractivity (Wildman–Crippen MR) is 66.9 cm³/mol. The molecule has 19 heavy (non-hydrogen) atoms. The highest BCUT2D eigenvalue weighted by molar-refractivity contribution is 5.97. The van der Waals surface area contributed by atoms with E-state index in [0.717, 1.165) is 12.5 Å². The number of benzene rings is 1. The second-order valence-electron chi connectivity index (χ2n) is 4.42. The number of carbonyl (C=O) groups excluding carboxylic acids is 2. The number of ether oxygens (including phenoxy) is 1. The van der Waals surface area contributed by atoms with Crippen molar-refractivity contribution in [1.82, 2.24) is 4.90 Å². The highest BCUT2D eigenvalue weighted by atomic mass is 19.1. The molecule has 1 atom stereocenters. The standard InChI is InChI=1S/C13H15FN2O3/c1-19-13(18)11-3-2-6-16(11)12(17)8-4-5-10(15)9(14)7-8/h4-5,7,11H,2-3,6,15H2,1H3. The minimum atomic E-state index is -0.639. The fourth-order valence-corrected chi connectivity index (χ4v) is 2.22. The molecule has 1 aliphatic heterocycles. The molecule has 0 bridgehead atoms. The van der Waals surface area contributed by atoms with Gasteiger partial charge in [-0.05, 0) is 31.0 Å². The molecule has 1 aromatic carbocycles. The smallest absolute Gasteiger partial charge is 0.328 e. The summed E-state index contributed by atoms with van der Waals surface area (Å²) in [5.41, 5.74) is 5.54. The van der Waals surface area contributed by atoms with Crippen molar-refractivity contribution in [1.29, 1.82) is 0 Å². The third-order valence-corrected chi connectivity index (χ3v) is 3.23. The minimum Gasteiger partial charge on any atom is -0.467 e. The first kappa shape index (κ1) is 13.3. The van der Waals surface area contributed by atoms with E-state index in [1.807, 2.05) is 0 Å². The van der Waals surface area contributed by atoms with Crippen LogP contribution in [0.25, 0.3) is 0 Å². The zero-order chi connectivity index (χ0) is 14.0. The van der Waals surface area contributed by atoms with Gasteiger partial charge in [0.2, 0.25) is 0 Å². The summed E-state index contributed by atoms with van der Waals surface area (Å²) < 4.78 is 18.0. The lowest BCUT2D eigenvalue weighted by molar-refractivity contribution is -0.145. The molecule has 5 nitrogen and oxygen atoms in total. The number of esters is 1. The van der Waals surface area contributed by atoms with Crippen molar-refractivity contribution in [2.45, 2.75) is 18.9 Å². The first-order chi connectivity index (χ1) is 9.04. The number of nitrogens with two attached hydrogens (primary N) is 1. The molecule has 1 saturated heterocycles. The molecule has 102 valence electrons. The van der Waals surface area contributed by atoms with Gasteiger partial charge in [0.25, 0.3) is 5.91 Å². The largest absolute Gasteiger partial charge is 0.467 e. The van der Waals surface area contributed by atoms with Crippen LogP contribution in [0.5, 0.6) is 0 Å². The number of rotatable bonds is 2. The van der Waals surface area contributed by atoms with Gasteiger partial charge in [-0.3, -0.25) is 4.79 Å². The van der Waals surface area contributed by atoms with Gasteiger partial charge in [0.1, 0.15) is 11.9 Å². The van der Waals surface area contributed by atoms with Crippen LogP contribution < -0.4 is 5.73 Å². The molecule has 1 amide bonds. The van der Waals surface area contributed by atoms with Crippen molar-refractivity contribution in [2.75, 3.05) is 19.4 Å². The van der Waals surface area contributed by atoms with Crippen LogP contribution >= 0.6 is 0 Å².